The molecule has 4 aliphatic carbocycles. The van der Waals surface area contributed by atoms with Crippen molar-refractivity contribution in [3.05, 3.63) is 38.9 Å². The molecule has 180 valence electrons. The minimum Gasteiger partial charge on any atom is -0.353 e. The van der Waals surface area contributed by atoms with E-state index in [-0.39, 0.29) is 11.9 Å². The lowest BCUT2D eigenvalue weighted by atomic mass is 9.97. The Hall–Kier alpha value is -1.70. The summed E-state index contributed by atoms with van der Waals surface area (Å²) in [5, 5.41) is 3.62. The Morgan fingerprint density at radius 1 is 1.12 bits per heavy atom. The number of fused-ring (bicyclic) bond motifs is 3. The van der Waals surface area contributed by atoms with Gasteiger partial charge in [-0.3, -0.25) is 4.79 Å². The zero-order chi connectivity index (χ0) is 23.3. The topological polar surface area (TPSA) is 61.4 Å². The Bertz CT molecular complexity index is 1160. The number of nitrogens with zero attached hydrogens (tertiary/aromatic N) is 4. The van der Waals surface area contributed by atoms with Gasteiger partial charge in [-0.1, -0.05) is 25.4 Å². The number of anilines is 1. The van der Waals surface area contributed by atoms with E-state index in [1.807, 2.05) is 6.07 Å². The fraction of sp³-hybridized carbons (Fsp3) is 0.654. The molecule has 0 radical (unpaired) electrons. The number of hydrogen-bond donors (Lipinski definition) is 1. The number of carbonyl (C=O) groups excluding carboxylic acids is 1. The molecule has 1 N–H and O–H groups in total. The Morgan fingerprint density at radius 3 is 2.47 bits per heavy atom. The first-order valence-corrected chi connectivity index (χ1v) is 14.0. The van der Waals surface area contributed by atoms with E-state index >= 15 is 0 Å². The van der Waals surface area contributed by atoms with Gasteiger partial charge in [0.1, 0.15) is 17.6 Å². The maximum absolute atomic E-state index is 13.9. The smallest absolute Gasteiger partial charge is 0.235 e. The molecule has 2 aromatic rings. The Morgan fingerprint density at radius 2 is 1.85 bits per heavy atom. The largest absolute Gasteiger partial charge is 0.353 e. The third kappa shape index (κ3) is 3.05. The van der Waals surface area contributed by atoms with Crippen LogP contribution in [0, 0.1) is 0 Å². The summed E-state index contributed by atoms with van der Waals surface area (Å²) in [5.74, 6) is 1.41. The minimum absolute atomic E-state index is 0.183. The van der Waals surface area contributed by atoms with E-state index in [1.165, 1.54) is 43.4 Å². The lowest BCUT2D eigenvalue weighted by Gasteiger charge is -2.38. The lowest BCUT2D eigenvalue weighted by Crippen LogP contribution is -2.53. The van der Waals surface area contributed by atoms with E-state index in [1.54, 1.807) is 17.7 Å². The molecular formula is C26H32ClN5OS. The Labute approximate surface area is 210 Å². The summed E-state index contributed by atoms with van der Waals surface area (Å²) >= 11 is 7.83. The summed E-state index contributed by atoms with van der Waals surface area (Å²) in [6.07, 6.45) is 9.09. The van der Waals surface area contributed by atoms with Crippen molar-refractivity contribution in [2.24, 2.45) is 0 Å². The van der Waals surface area contributed by atoms with Gasteiger partial charge in [0.25, 0.3) is 0 Å². The molecule has 7 rings (SSSR count). The quantitative estimate of drug-likeness (QED) is 0.676. The predicted octanol–water partition coefficient (Wildman–Crippen LogP) is 4.02. The molecule has 0 aromatic carbocycles. The molecule has 2 spiro atoms. The zero-order valence-electron chi connectivity index (χ0n) is 19.9. The minimum atomic E-state index is -0.461. The number of amides is 1. The molecule has 3 saturated carbocycles. The SMILES string of the molecule is CC(C)NC1CC1(C(=O)N1CCN(c2ncnc3c2C2(CC2)CC32CC2)CC1)c1ccc(Cl)s1. The highest BCUT2D eigenvalue weighted by Gasteiger charge is 2.65. The molecule has 0 bridgehead atoms. The number of rotatable bonds is 5. The zero-order valence-corrected chi connectivity index (χ0v) is 21.5. The third-order valence-corrected chi connectivity index (χ3v) is 10.4. The predicted molar refractivity (Wildman–Crippen MR) is 135 cm³/mol. The standard InChI is InChI=1S/C26H32ClN5OS/c1-16(2)30-17-13-26(17,18-3-4-19(27)34-18)23(33)32-11-9-31(10-12-32)22-20-21(28-15-29-22)25(7-8-25)14-24(20)5-6-24/h3-4,15-17,30H,5-14H2,1-2H3. The second kappa shape index (κ2) is 7.17. The number of nitrogens with one attached hydrogen (secondary N) is 1. The van der Waals surface area contributed by atoms with Crippen LogP contribution < -0.4 is 10.2 Å². The first-order chi connectivity index (χ1) is 16.4. The number of aromatic nitrogens is 2. The van der Waals surface area contributed by atoms with Crippen molar-refractivity contribution >= 4 is 34.7 Å². The maximum Gasteiger partial charge on any atom is 0.235 e. The van der Waals surface area contributed by atoms with Crippen molar-refractivity contribution in [1.29, 1.82) is 0 Å². The summed E-state index contributed by atoms with van der Waals surface area (Å²) in [6.45, 7) is 7.44. The average molecular weight is 498 g/mol. The van der Waals surface area contributed by atoms with Gasteiger partial charge in [-0.05, 0) is 50.7 Å². The molecule has 34 heavy (non-hydrogen) atoms. The van der Waals surface area contributed by atoms with Gasteiger partial charge in [-0.15, -0.1) is 11.3 Å². The van der Waals surface area contributed by atoms with Crippen molar-refractivity contribution in [3.63, 3.8) is 0 Å². The number of halogens is 1. The Kier molecular flexibility index (Phi) is 4.55. The highest BCUT2D eigenvalue weighted by Crippen LogP contribution is 2.70. The molecule has 1 aliphatic heterocycles. The van der Waals surface area contributed by atoms with Crippen LogP contribution in [0.15, 0.2) is 18.5 Å². The lowest BCUT2D eigenvalue weighted by molar-refractivity contribution is -0.134. The molecule has 2 atom stereocenters. The van der Waals surface area contributed by atoms with E-state index in [4.69, 9.17) is 21.6 Å². The maximum atomic E-state index is 13.9. The highest BCUT2D eigenvalue weighted by atomic mass is 35.5. The monoisotopic (exact) mass is 497 g/mol. The first-order valence-electron chi connectivity index (χ1n) is 12.8. The molecular weight excluding hydrogens is 466 g/mol. The van der Waals surface area contributed by atoms with E-state index in [0.717, 1.165) is 47.6 Å². The van der Waals surface area contributed by atoms with E-state index in [9.17, 15) is 4.79 Å². The van der Waals surface area contributed by atoms with E-state index in [0.29, 0.717) is 16.9 Å². The first kappa shape index (κ1) is 21.6. The average Bonchev–Trinajstić information content (AvgIpc) is 3.77. The molecule has 5 aliphatic rings. The van der Waals surface area contributed by atoms with Crippen LogP contribution in [0.4, 0.5) is 5.82 Å². The van der Waals surface area contributed by atoms with Gasteiger partial charge in [-0.2, -0.15) is 0 Å². The Balaban J connectivity index is 1.11. The van der Waals surface area contributed by atoms with Crippen LogP contribution in [0.3, 0.4) is 0 Å². The van der Waals surface area contributed by atoms with Crippen molar-refractivity contribution in [1.82, 2.24) is 20.2 Å². The fourth-order valence-corrected chi connectivity index (χ4v) is 8.20. The number of carbonyl (C=O) groups is 1. The van der Waals surface area contributed by atoms with E-state index in [2.05, 4.69) is 35.0 Å². The number of piperazine rings is 1. The van der Waals surface area contributed by atoms with Gasteiger partial charge in [0.05, 0.1) is 10.0 Å². The third-order valence-electron chi connectivity index (χ3n) is 9.00. The number of hydrogen-bond acceptors (Lipinski definition) is 6. The molecule has 1 saturated heterocycles. The van der Waals surface area contributed by atoms with Crippen LogP contribution in [0.2, 0.25) is 4.34 Å². The van der Waals surface area contributed by atoms with Gasteiger partial charge in [0.15, 0.2) is 0 Å². The van der Waals surface area contributed by atoms with Gasteiger partial charge < -0.3 is 15.1 Å². The second-order valence-corrected chi connectivity index (χ2v) is 13.3. The summed E-state index contributed by atoms with van der Waals surface area (Å²) in [4.78, 5) is 29.2. The summed E-state index contributed by atoms with van der Waals surface area (Å²) in [7, 11) is 0. The van der Waals surface area contributed by atoms with Crippen molar-refractivity contribution in [2.75, 3.05) is 31.1 Å². The molecule has 8 heteroatoms. The molecule has 1 amide bonds. The molecule has 6 nitrogen and oxygen atoms in total. The van der Waals surface area contributed by atoms with Crippen molar-refractivity contribution in [3.8, 4) is 0 Å². The summed E-state index contributed by atoms with van der Waals surface area (Å²) in [5.41, 5.74) is 3.06. The van der Waals surface area contributed by atoms with E-state index < -0.39 is 5.41 Å². The summed E-state index contributed by atoms with van der Waals surface area (Å²) in [6, 6.07) is 4.50. The van der Waals surface area contributed by atoms with Gasteiger partial charge >= 0.3 is 0 Å². The van der Waals surface area contributed by atoms with Gasteiger partial charge in [0.2, 0.25) is 5.91 Å². The van der Waals surface area contributed by atoms with Gasteiger partial charge in [-0.25, -0.2) is 9.97 Å². The van der Waals surface area contributed by atoms with Crippen molar-refractivity contribution in [2.45, 2.75) is 80.7 Å². The molecule has 2 aromatic heterocycles. The molecule has 4 fully saturated rings. The fourth-order valence-electron chi connectivity index (χ4n) is 6.91. The van der Waals surface area contributed by atoms with Crippen molar-refractivity contribution < 1.29 is 4.79 Å². The normalized spacial score (nSPS) is 29.7. The molecule has 3 heterocycles. The van der Waals surface area contributed by atoms with Crippen LogP contribution in [-0.4, -0.2) is 59.0 Å². The van der Waals surface area contributed by atoms with Gasteiger partial charge in [0, 0.05) is 59.5 Å². The second-order valence-electron chi connectivity index (χ2n) is 11.6. The molecule has 2 unspecified atom stereocenters. The van der Waals surface area contributed by atoms with Crippen LogP contribution in [0.25, 0.3) is 0 Å². The van der Waals surface area contributed by atoms with Crippen LogP contribution >= 0.6 is 22.9 Å². The van der Waals surface area contributed by atoms with Crippen LogP contribution in [0.5, 0.6) is 0 Å². The van der Waals surface area contributed by atoms with Crippen LogP contribution in [-0.2, 0) is 21.0 Å². The number of thiophene rings is 1. The van der Waals surface area contributed by atoms with Crippen LogP contribution in [0.1, 0.15) is 68.5 Å². The summed E-state index contributed by atoms with van der Waals surface area (Å²) < 4.78 is 0.752. The highest BCUT2D eigenvalue weighted by molar-refractivity contribution is 7.16.